The maximum absolute atomic E-state index is 4.51. The summed E-state index contributed by atoms with van der Waals surface area (Å²) in [6.07, 6.45) is 9.36. The van der Waals surface area contributed by atoms with Crippen LogP contribution in [0.3, 0.4) is 0 Å². The summed E-state index contributed by atoms with van der Waals surface area (Å²) in [4.78, 5) is 8.90. The summed E-state index contributed by atoms with van der Waals surface area (Å²) in [7, 11) is 0. The van der Waals surface area contributed by atoms with Gasteiger partial charge in [-0.3, -0.25) is 9.97 Å². The second-order valence-electron chi connectivity index (χ2n) is 5.83. The third-order valence-electron chi connectivity index (χ3n) is 4.27. The summed E-state index contributed by atoms with van der Waals surface area (Å²) in [5.41, 5.74) is 4.53. The molecule has 4 nitrogen and oxygen atoms in total. The van der Waals surface area contributed by atoms with Gasteiger partial charge in [-0.2, -0.15) is 10.2 Å². The quantitative estimate of drug-likeness (QED) is 0.710. The number of hydrogen-bond acceptors (Lipinski definition) is 4. The van der Waals surface area contributed by atoms with Crippen molar-refractivity contribution in [1.82, 2.24) is 20.2 Å². The van der Waals surface area contributed by atoms with Gasteiger partial charge in [-0.15, -0.1) is 0 Å². The molecular weight excluding hydrogens is 272 g/mol. The van der Waals surface area contributed by atoms with Crippen molar-refractivity contribution >= 4 is 11.0 Å². The Morgan fingerprint density at radius 1 is 0.864 bits per heavy atom. The molecule has 0 amide bonds. The highest BCUT2D eigenvalue weighted by Gasteiger charge is 2.13. The van der Waals surface area contributed by atoms with Gasteiger partial charge < -0.3 is 0 Å². The average molecular weight is 292 g/mol. The lowest BCUT2D eigenvalue weighted by Gasteiger charge is -2.17. The van der Waals surface area contributed by atoms with E-state index in [1.54, 1.807) is 18.6 Å². The van der Waals surface area contributed by atoms with E-state index < -0.39 is 0 Å². The minimum Gasteiger partial charge on any atom is -0.253 e. The zero-order chi connectivity index (χ0) is 15.4. The zero-order valence-electron chi connectivity index (χ0n) is 13.0. The fraction of sp³-hybridized carbons (Fsp3) is 0.333. The predicted molar refractivity (Wildman–Crippen MR) is 87.6 cm³/mol. The van der Waals surface area contributed by atoms with Gasteiger partial charge in [0.15, 0.2) is 0 Å². The minimum atomic E-state index is 0.456. The molecule has 0 fully saturated rings. The summed E-state index contributed by atoms with van der Waals surface area (Å²) in [5.74, 6) is 0.941. The van der Waals surface area contributed by atoms with Crippen LogP contribution in [-0.2, 0) is 0 Å². The molecule has 3 rings (SSSR count). The van der Waals surface area contributed by atoms with Crippen molar-refractivity contribution in [3.05, 3.63) is 60.2 Å². The van der Waals surface area contributed by atoms with Crippen LogP contribution < -0.4 is 0 Å². The minimum absolute atomic E-state index is 0.456. The Morgan fingerprint density at radius 3 is 2.50 bits per heavy atom. The van der Waals surface area contributed by atoms with Gasteiger partial charge in [0.25, 0.3) is 0 Å². The summed E-state index contributed by atoms with van der Waals surface area (Å²) < 4.78 is 0. The molecule has 0 aliphatic heterocycles. The average Bonchev–Trinajstić information content (AvgIpc) is 2.59. The molecule has 3 aromatic rings. The molecule has 4 heteroatoms. The Bertz CT molecular complexity index is 737. The molecule has 1 aromatic carbocycles. The molecule has 0 spiro atoms. The van der Waals surface area contributed by atoms with E-state index in [4.69, 9.17) is 0 Å². The molecule has 0 radical (unpaired) electrons. The number of nitrogens with zero attached hydrogens (tertiary/aromatic N) is 4. The van der Waals surface area contributed by atoms with Gasteiger partial charge in [0.05, 0.1) is 17.2 Å². The summed E-state index contributed by atoms with van der Waals surface area (Å²) in [6, 6.07) is 8.30. The molecule has 0 aliphatic rings. The molecular formula is C18H20N4. The maximum Gasteiger partial charge on any atom is 0.0921 e. The number of benzene rings is 1. The Labute approximate surface area is 130 Å². The van der Waals surface area contributed by atoms with Gasteiger partial charge >= 0.3 is 0 Å². The van der Waals surface area contributed by atoms with E-state index in [1.807, 2.05) is 18.3 Å². The zero-order valence-corrected chi connectivity index (χ0v) is 13.0. The number of para-hydroxylation sites is 1. The van der Waals surface area contributed by atoms with Crippen molar-refractivity contribution in [3.8, 4) is 0 Å². The van der Waals surface area contributed by atoms with E-state index in [0.29, 0.717) is 11.8 Å². The van der Waals surface area contributed by atoms with Crippen molar-refractivity contribution in [1.29, 1.82) is 0 Å². The first kappa shape index (κ1) is 14.6. The molecule has 2 heterocycles. The van der Waals surface area contributed by atoms with E-state index in [1.165, 1.54) is 11.1 Å². The first-order valence-corrected chi connectivity index (χ1v) is 7.72. The molecule has 0 N–H and O–H groups in total. The topological polar surface area (TPSA) is 51.6 Å². The second-order valence-corrected chi connectivity index (χ2v) is 5.83. The highest BCUT2D eigenvalue weighted by atomic mass is 15.1. The molecule has 2 unspecified atom stereocenters. The van der Waals surface area contributed by atoms with Crippen molar-refractivity contribution in [2.24, 2.45) is 0 Å². The van der Waals surface area contributed by atoms with Crippen LogP contribution >= 0.6 is 0 Å². The highest BCUT2D eigenvalue weighted by Crippen LogP contribution is 2.29. The molecule has 2 aromatic heterocycles. The van der Waals surface area contributed by atoms with Crippen LogP contribution in [0.15, 0.2) is 49.1 Å². The van der Waals surface area contributed by atoms with Crippen LogP contribution in [-0.4, -0.2) is 20.2 Å². The van der Waals surface area contributed by atoms with Gasteiger partial charge in [0.2, 0.25) is 0 Å². The van der Waals surface area contributed by atoms with Gasteiger partial charge in [0.1, 0.15) is 0 Å². The van der Waals surface area contributed by atoms with Gasteiger partial charge in [-0.05, 0) is 47.9 Å². The summed E-state index contributed by atoms with van der Waals surface area (Å²) in [5, 5.41) is 7.80. The number of fused-ring (bicyclic) bond motifs is 1. The standard InChI is InChI=1S/C18H20N4/c1-13(15-8-9-21-22-12-15)6-7-14(2)16-4-3-5-17-18(16)20-11-10-19-17/h3-5,8-14H,6-7H2,1-2H3. The smallest absolute Gasteiger partial charge is 0.0921 e. The SMILES string of the molecule is CC(CCC(C)c1cccc2nccnc12)c1ccnnc1. The van der Waals surface area contributed by atoms with E-state index in [-0.39, 0.29) is 0 Å². The second kappa shape index (κ2) is 6.60. The van der Waals surface area contributed by atoms with E-state index in [9.17, 15) is 0 Å². The van der Waals surface area contributed by atoms with Crippen LogP contribution in [0.1, 0.15) is 49.7 Å². The largest absolute Gasteiger partial charge is 0.253 e. The first-order valence-electron chi connectivity index (χ1n) is 7.72. The van der Waals surface area contributed by atoms with Crippen LogP contribution in [0.2, 0.25) is 0 Å². The molecule has 112 valence electrons. The van der Waals surface area contributed by atoms with Crippen LogP contribution in [0, 0.1) is 0 Å². The van der Waals surface area contributed by atoms with Crippen LogP contribution in [0.4, 0.5) is 0 Å². The monoisotopic (exact) mass is 292 g/mol. The van der Waals surface area contributed by atoms with Crippen molar-refractivity contribution in [2.75, 3.05) is 0 Å². The van der Waals surface area contributed by atoms with E-state index >= 15 is 0 Å². The molecule has 2 atom stereocenters. The number of rotatable bonds is 5. The summed E-state index contributed by atoms with van der Waals surface area (Å²) >= 11 is 0. The molecule has 0 saturated heterocycles. The lowest BCUT2D eigenvalue weighted by molar-refractivity contribution is 0.573. The van der Waals surface area contributed by atoms with Crippen molar-refractivity contribution in [3.63, 3.8) is 0 Å². The molecule has 0 saturated carbocycles. The van der Waals surface area contributed by atoms with Crippen molar-refractivity contribution in [2.45, 2.75) is 38.5 Å². The number of hydrogen-bond donors (Lipinski definition) is 0. The Balaban J connectivity index is 1.73. The summed E-state index contributed by atoms with van der Waals surface area (Å²) in [6.45, 7) is 4.51. The van der Waals surface area contributed by atoms with E-state index in [0.717, 1.165) is 23.9 Å². The van der Waals surface area contributed by atoms with Gasteiger partial charge in [-0.25, -0.2) is 0 Å². The Hall–Kier alpha value is -2.36. The van der Waals surface area contributed by atoms with Crippen molar-refractivity contribution < 1.29 is 0 Å². The lowest BCUT2D eigenvalue weighted by Crippen LogP contribution is -2.01. The van der Waals surface area contributed by atoms with Crippen LogP contribution in [0.25, 0.3) is 11.0 Å². The Morgan fingerprint density at radius 2 is 1.68 bits per heavy atom. The molecule has 22 heavy (non-hydrogen) atoms. The molecule has 0 bridgehead atoms. The lowest BCUT2D eigenvalue weighted by atomic mass is 9.89. The molecule has 0 aliphatic carbocycles. The van der Waals surface area contributed by atoms with Crippen LogP contribution in [0.5, 0.6) is 0 Å². The maximum atomic E-state index is 4.51. The van der Waals surface area contributed by atoms with Gasteiger partial charge in [-0.1, -0.05) is 26.0 Å². The third kappa shape index (κ3) is 3.11. The fourth-order valence-corrected chi connectivity index (χ4v) is 2.83. The highest BCUT2D eigenvalue weighted by molar-refractivity contribution is 5.78. The van der Waals surface area contributed by atoms with Gasteiger partial charge in [0, 0.05) is 18.6 Å². The predicted octanol–water partition coefficient (Wildman–Crippen LogP) is 4.11. The fourth-order valence-electron chi connectivity index (χ4n) is 2.83. The van der Waals surface area contributed by atoms with E-state index in [2.05, 4.69) is 46.1 Å². The third-order valence-corrected chi connectivity index (χ3v) is 4.27. The normalized spacial score (nSPS) is 13.9. The Kier molecular flexibility index (Phi) is 4.37. The first-order chi connectivity index (χ1) is 10.8. The number of aromatic nitrogens is 4.